The fourth-order valence-corrected chi connectivity index (χ4v) is 5.51. The van der Waals surface area contributed by atoms with Crippen LogP contribution in [0.1, 0.15) is 48.0 Å². The van der Waals surface area contributed by atoms with E-state index in [-0.39, 0.29) is 11.8 Å². The average Bonchev–Trinajstić information content (AvgIpc) is 3.36. The normalized spacial score (nSPS) is 17.5. The van der Waals surface area contributed by atoms with Crippen molar-refractivity contribution in [2.45, 2.75) is 39.0 Å². The van der Waals surface area contributed by atoms with Gasteiger partial charge in [0.25, 0.3) is 5.91 Å². The molecule has 2 fully saturated rings. The summed E-state index contributed by atoms with van der Waals surface area (Å²) in [5.74, 6) is 0.0255. The van der Waals surface area contributed by atoms with Gasteiger partial charge in [0.05, 0.1) is 12.1 Å². The molecule has 0 spiro atoms. The molecular formula is C23H29N3O2S. The van der Waals surface area contributed by atoms with Gasteiger partial charge in [0.2, 0.25) is 5.91 Å². The summed E-state index contributed by atoms with van der Waals surface area (Å²) in [4.78, 5) is 31.3. The predicted octanol–water partition coefficient (Wildman–Crippen LogP) is 4.38. The number of hydrogen-bond acceptors (Lipinski definition) is 4. The Kier molecular flexibility index (Phi) is 6.31. The van der Waals surface area contributed by atoms with Crippen molar-refractivity contribution in [2.75, 3.05) is 38.0 Å². The summed E-state index contributed by atoms with van der Waals surface area (Å²) < 4.78 is 0. The molecule has 0 atom stereocenters. The van der Waals surface area contributed by atoms with E-state index in [1.54, 1.807) is 0 Å². The summed E-state index contributed by atoms with van der Waals surface area (Å²) in [5, 5.41) is 3.77. The van der Waals surface area contributed by atoms with E-state index in [9.17, 15) is 9.59 Å². The first-order valence-corrected chi connectivity index (χ1v) is 11.5. The minimum atomic E-state index is -0.0274. The van der Waals surface area contributed by atoms with E-state index in [1.807, 2.05) is 30.0 Å². The van der Waals surface area contributed by atoms with Crippen molar-refractivity contribution in [3.05, 3.63) is 41.5 Å². The molecule has 2 aliphatic heterocycles. The zero-order valence-electron chi connectivity index (χ0n) is 17.1. The molecule has 2 aliphatic rings. The largest absolute Gasteiger partial charge is 0.339 e. The third-order valence-corrected chi connectivity index (χ3v) is 7.12. The standard InChI is InChI=1S/C23H29N3O2S/c1-17-20(23(28)26-14-6-3-7-15-26)22(24-19(27)16-25-12-8-9-13-25)29-21(17)18-10-4-2-5-11-18/h2,4-5,10-11H,3,6-9,12-16H2,1H3,(H,24,27). The number of nitrogens with one attached hydrogen (secondary N) is 1. The van der Waals surface area contributed by atoms with Gasteiger partial charge in [-0.2, -0.15) is 0 Å². The first kappa shape index (κ1) is 20.1. The monoisotopic (exact) mass is 411 g/mol. The molecular weight excluding hydrogens is 382 g/mol. The van der Waals surface area contributed by atoms with Gasteiger partial charge in [-0.05, 0) is 63.2 Å². The molecule has 2 aromatic rings. The minimum Gasteiger partial charge on any atom is -0.339 e. The molecule has 0 saturated carbocycles. The highest BCUT2D eigenvalue weighted by Crippen LogP contribution is 2.40. The second-order valence-corrected chi connectivity index (χ2v) is 9.03. The van der Waals surface area contributed by atoms with Crippen molar-refractivity contribution < 1.29 is 9.59 Å². The van der Waals surface area contributed by atoms with Crippen LogP contribution in [0.4, 0.5) is 5.00 Å². The fourth-order valence-electron chi connectivity index (χ4n) is 4.29. The highest BCUT2D eigenvalue weighted by Gasteiger charge is 2.28. The molecule has 5 nitrogen and oxygen atoms in total. The lowest BCUT2D eigenvalue weighted by atomic mass is 10.0. The van der Waals surface area contributed by atoms with Crippen molar-refractivity contribution in [1.82, 2.24) is 9.80 Å². The maximum Gasteiger partial charge on any atom is 0.257 e. The lowest BCUT2D eigenvalue weighted by Crippen LogP contribution is -2.36. The SMILES string of the molecule is Cc1c(-c2ccccc2)sc(NC(=O)CN2CCCC2)c1C(=O)N1CCCCC1. The quantitative estimate of drug-likeness (QED) is 0.794. The number of piperidine rings is 1. The molecule has 1 aromatic heterocycles. The van der Waals surface area contributed by atoms with E-state index in [2.05, 4.69) is 22.3 Å². The van der Waals surface area contributed by atoms with Crippen LogP contribution in [0.15, 0.2) is 30.3 Å². The molecule has 4 rings (SSSR count). The van der Waals surface area contributed by atoms with Crippen molar-refractivity contribution >= 4 is 28.2 Å². The molecule has 3 heterocycles. The zero-order valence-corrected chi connectivity index (χ0v) is 17.9. The average molecular weight is 412 g/mol. The minimum absolute atomic E-state index is 0.0274. The molecule has 0 radical (unpaired) electrons. The third kappa shape index (κ3) is 4.54. The Balaban J connectivity index is 1.64. The van der Waals surface area contributed by atoms with Crippen LogP contribution in [0.25, 0.3) is 10.4 Å². The molecule has 2 saturated heterocycles. The highest BCUT2D eigenvalue weighted by molar-refractivity contribution is 7.20. The number of nitrogens with zero attached hydrogens (tertiary/aromatic N) is 2. The lowest BCUT2D eigenvalue weighted by molar-refractivity contribution is -0.117. The zero-order chi connectivity index (χ0) is 20.2. The van der Waals surface area contributed by atoms with Crippen molar-refractivity contribution in [3.8, 4) is 10.4 Å². The number of likely N-dealkylation sites (tertiary alicyclic amines) is 2. The van der Waals surface area contributed by atoms with Crippen LogP contribution in [-0.4, -0.2) is 54.3 Å². The number of benzene rings is 1. The number of carbonyl (C=O) groups is 2. The smallest absolute Gasteiger partial charge is 0.257 e. The summed E-state index contributed by atoms with van der Waals surface area (Å²) in [7, 11) is 0. The maximum atomic E-state index is 13.4. The second-order valence-electron chi connectivity index (χ2n) is 8.01. The topological polar surface area (TPSA) is 52.7 Å². The van der Waals surface area contributed by atoms with Crippen molar-refractivity contribution in [1.29, 1.82) is 0 Å². The number of rotatable bonds is 5. The van der Waals surface area contributed by atoms with Gasteiger partial charge in [-0.25, -0.2) is 0 Å². The first-order valence-electron chi connectivity index (χ1n) is 10.6. The van der Waals surface area contributed by atoms with E-state index in [4.69, 9.17) is 0 Å². The lowest BCUT2D eigenvalue weighted by Gasteiger charge is -2.27. The van der Waals surface area contributed by atoms with Crippen LogP contribution in [0.3, 0.4) is 0 Å². The number of amides is 2. The van der Waals surface area contributed by atoms with Crippen LogP contribution in [0.2, 0.25) is 0 Å². The van der Waals surface area contributed by atoms with Gasteiger partial charge in [0.15, 0.2) is 0 Å². The highest BCUT2D eigenvalue weighted by atomic mass is 32.1. The fraction of sp³-hybridized carbons (Fsp3) is 0.478. The molecule has 1 aromatic carbocycles. The van der Waals surface area contributed by atoms with E-state index in [0.717, 1.165) is 67.9 Å². The number of hydrogen-bond donors (Lipinski definition) is 1. The number of anilines is 1. The molecule has 0 bridgehead atoms. The van der Waals surface area contributed by atoms with E-state index in [1.165, 1.54) is 17.8 Å². The van der Waals surface area contributed by atoms with Gasteiger partial charge in [-0.1, -0.05) is 30.3 Å². The van der Waals surface area contributed by atoms with Crippen LogP contribution in [0, 0.1) is 6.92 Å². The predicted molar refractivity (Wildman–Crippen MR) is 119 cm³/mol. The van der Waals surface area contributed by atoms with Gasteiger partial charge < -0.3 is 10.2 Å². The molecule has 2 amide bonds. The Bertz CT molecular complexity index is 866. The van der Waals surface area contributed by atoms with Crippen LogP contribution in [0.5, 0.6) is 0 Å². The summed E-state index contributed by atoms with van der Waals surface area (Å²) >= 11 is 1.52. The van der Waals surface area contributed by atoms with Gasteiger partial charge >= 0.3 is 0 Å². The summed E-state index contributed by atoms with van der Waals surface area (Å²) in [6.45, 7) is 5.96. The van der Waals surface area contributed by atoms with E-state index >= 15 is 0 Å². The molecule has 154 valence electrons. The van der Waals surface area contributed by atoms with Crippen LogP contribution < -0.4 is 5.32 Å². The molecule has 1 N–H and O–H groups in total. The van der Waals surface area contributed by atoms with E-state index in [0.29, 0.717) is 17.1 Å². The molecule has 0 aliphatic carbocycles. The summed E-state index contributed by atoms with van der Waals surface area (Å²) in [6.07, 6.45) is 5.60. The Morgan fingerprint density at radius 1 is 0.966 bits per heavy atom. The molecule has 0 unspecified atom stereocenters. The van der Waals surface area contributed by atoms with Gasteiger partial charge in [-0.3, -0.25) is 14.5 Å². The van der Waals surface area contributed by atoms with Crippen molar-refractivity contribution in [2.24, 2.45) is 0 Å². The Hall–Kier alpha value is -2.18. The number of carbonyl (C=O) groups excluding carboxylic acids is 2. The Morgan fingerprint density at radius 2 is 1.62 bits per heavy atom. The van der Waals surface area contributed by atoms with Crippen molar-refractivity contribution in [3.63, 3.8) is 0 Å². The molecule has 6 heteroatoms. The van der Waals surface area contributed by atoms with Crippen LogP contribution >= 0.6 is 11.3 Å². The van der Waals surface area contributed by atoms with Crippen LogP contribution in [-0.2, 0) is 4.79 Å². The number of thiophene rings is 1. The third-order valence-electron chi connectivity index (χ3n) is 5.86. The summed E-state index contributed by atoms with van der Waals surface area (Å²) in [6, 6.07) is 10.1. The van der Waals surface area contributed by atoms with Gasteiger partial charge in [-0.15, -0.1) is 11.3 Å². The van der Waals surface area contributed by atoms with Gasteiger partial charge in [0.1, 0.15) is 5.00 Å². The summed E-state index contributed by atoms with van der Waals surface area (Å²) in [5.41, 5.74) is 2.72. The Labute approximate surface area is 176 Å². The molecule has 29 heavy (non-hydrogen) atoms. The maximum absolute atomic E-state index is 13.4. The second kappa shape index (κ2) is 9.09. The Morgan fingerprint density at radius 3 is 2.31 bits per heavy atom. The van der Waals surface area contributed by atoms with E-state index < -0.39 is 0 Å². The first-order chi connectivity index (χ1) is 14.1. The van der Waals surface area contributed by atoms with Gasteiger partial charge in [0, 0.05) is 18.0 Å².